The first-order valence-corrected chi connectivity index (χ1v) is 5.94. The van der Waals surface area contributed by atoms with Crippen LogP contribution in [0.1, 0.15) is 18.4 Å². The van der Waals surface area contributed by atoms with Gasteiger partial charge in [-0.3, -0.25) is 0 Å². The summed E-state index contributed by atoms with van der Waals surface area (Å²) in [5, 5.41) is 9.06. The molecule has 1 rings (SSSR count). The highest BCUT2D eigenvalue weighted by Crippen LogP contribution is 2.14. The van der Waals surface area contributed by atoms with Gasteiger partial charge in [-0.25, -0.2) is 9.59 Å². The normalized spacial score (nSPS) is 13.6. The quantitative estimate of drug-likeness (QED) is 0.481. The minimum atomic E-state index is -2.03. The van der Waals surface area contributed by atoms with E-state index in [0.29, 0.717) is 6.42 Å². The summed E-state index contributed by atoms with van der Waals surface area (Å²) in [5.74, 6) is -2.35. The van der Waals surface area contributed by atoms with Crippen molar-refractivity contribution < 1.29 is 19.4 Å². The molecule has 0 bridgehead atoms. The number of carbonyl (C=O) groups is 2. The van der Waals surface area contributed by atoms with E-state index in [1.807, 2.05) is 6.07 Å². The Morgan fingerprint density at radius 2 is 1.89 bits per heavy atom. The fourth-order valence-electron chi connectivity index (χ4n) is 1.53. The Bertz CT molecular complexity index is 436. The SMILES string of the molecule is NCCCC(N)(C(=O)O)C(=O)OCc1ccccc1. The summed E-state index contributed by atoms with van der Waals surface area (Å²) in [5.41, 5.74) is 9.64. The van der Waals surface area contributed by atoms with Crippen LogP contribution < -0.4 is 11.5 Å². The zero-order chi connectivity index (χ0) is 14.3. The van der Waals surface area contributed by atoms with Gasteiger partial charge in [-0.05, 0) is 24.9 Å². The Hall–Kier alpha value is -1.92. The molecule has 1 unspecified atom stereocenters. The zero-order valence-electron chi connectivity index (χ0n) is 10.5. The van der Waals surface area contributed by atoms with E-state index in [9.17, 15) is 9.59 Å². The molecule has 0 saturated carbocycles. The van der Waals surface area contributed by atoms with Crippen molar-refractivity contribution >= 4 is 11.9 Å². The molecule has 0 radical (unpaired) electrons. The van der Waals surface area contributed by atoms with Crippen molar-refractivity contribution in [1.29, 1.82) is 0 Å². The molecular formula is C13H18N2O4. The van der Waals surface area contributed by atoms with Gasteiger partial charge in [-0.15, -0.1) is 0 Å². The minimum Gasteiger partial charge on any atom is -0.479 e. The van der Waals surface area contributed by atoms with Crippen LogP contribution >= 0.6 is 0 Å². The van der Waals surface area contributed by atoms with Crippen molar-refractivity contribution in [3.8, 4) is 0 Å². The second-order valence-electron chi connectivity index (χ2n) is 4.23. The van der Waals surface area contributed by atoms with Gasteiger partial charge >= 0.3 is 11.9 Å². The number of benzene rings is 1. The van der Waals surface area contributed by atoms with Crippen LogP contribution in [0.3, 0.4) is 0 Å². The van der Waals surface area contributed by atoms with Crippen LogP contribution in [0.15, 0.2) is 30.3 Å². The van der Waals surface area contributed by atoms with Crippen LogP contribution in [0.5, 0.6) is 0 Å². The summed E-state index contributed by atoms with van der Waals surface area (Å²) < 4.78 is 4.97. The summed E-state index contributed by atoms with van der Waals surface area (Å²) in [7, 11) is 0. The minimum absolute atomic E-state index is 0.00543. The first-order valence-electron chi connectivity index (χ1n) is 5.94. The van der Waals surface area contributed by atoms with Crippen molar-refractivity contribution in [3.05, 3.63) is 35.9 Å². The number of hydrogen-bond acceptors (Lipinski definition) is 5. The summed E-state index contributed by atoms with van der Waals surface area (Å²) in [4.78, 5) is 22.9. The lowest BCUT2D eigenvalue weighted by atomic mass is 9.95. The number of rotatable bonds is 7. The van der Waals surface area contributed by atoms with Gasteiger partial charge in [-0.2, -0.15) is 0 Å². The Balaban J connectivity index is 2.65. The molecular weight excluding hydrogens is 248 g/mol. The fourth-order valence-corrected chi connectivity index (χ4v) is 1.53. The van der Waals surface area contributed by atoms with Gasteiger partial charge in [0.05, 0.1) is 0 Å². The van der Waals surface area contributed by atoms with E-state index in [-0.39, 0.29) is 19.6 Å². The first kappa shape index (κ1) is 15.1. The van der Waals surface area contributed by atoms with Crippen molar-refractivity contribution in [2.45, 2.75) is 25.0 Å². The van der Waals surface area contributed by atoms with E-state index in [0.717, 1.165) is 5.56 Å². The Morgan fingerprint density at radius 1 is 1.26 bits per heavy atom. The zero-order valence-corrected chi connectivity index (χ0v) is 10.5. The van der Waals surface area contributed by atoms with E-state index in [2.05, 4.69) is 0 Å². The smallest absolute Gasteiger partial charge is 0.338 e. The Morgan fingerprint density at radius 3 is 2.42 bits per heavy atom. The lowest BCUT2D eigenvalue weighted by Gasteiger charge is -2.22. The summed E-state index contributed by atoms with van der Waals surface area (Å²) >= 11 is 0. The highest BCUT2D eigenvalue weighted by Gasteiger charge is 2.43. The van der Waals surface area contributed by atoms with Gasteiger partial charge in [0.1, 0.15) is 6.61 Å². The van der Waals surface area contributed by atoms with E-state index in [1.165, 1.54) is 0 Å². The number of nitrogens with two attached hydrogens (primary N) is 2. The number of hydrogen-bond donors (Lipinski definition) is 3. The van der Waals surface area contributed by atoms with Gasteiger partial charge in [0.25, 0.3) is 0 Å². The molecule has 0 amide bonds. The van der Waals surface area contributed by atoms with Crippen molar-refractivity contribution in [1.82, 2.24) is 0 Å². The van der Waals surface area contributed by atoms with Gasteiger partial charge in [0, 0.05) is 0 Å². The van der Waals surface area contributed by atoms with Crippen LogP contribution in [0.2, 0.25) is 0 Å². The number of carboxylic acids is 1. The second kappa shape index (κ2) is 6.86. The monoisotopic (exact) mass is 266 g/mol. The number of ether oxygens (including phenoxy) is 1. The molecule has 5 N–H and O–H groups in total. The molecule has 0 spiro atoms. The molecule has 6 heteroatoms. The maximum atomic E-state index is 11.8. The van der Waals surface area contributed by atoms with Gasteiger partial charge in [0.2, 0.25) is 5.54 Å². The van der Waals surface area contributed by atoms with E-state index < -0.39 is 17.5 Å². The van der Waals surface area contributed by atoms with Crippen molar-refractivity contribution in [3.63, 3.8) is 0 Å². The van der Waals surface area contributed by atoms with Crippen LogP contribution in [0, 0.1) is 0 Å². The Kier molecular flexibility index (Phi) is 5.47. The molecule has 0 saturated heterocycles. The standard InChI is InChI=1S/C13H18N2O4/c14-8-4-7-13(15,11(16)17)12(18)19-9-10-5-2-1-3-6-10/h1-3,5-6H,4,7-9,14-15H2,(H,16,17). The third-order valence-electron chi connectivity index (χ3n) is 2.73. The fraction of sp³-hybridized carbons (Fsp3) is 0.385. The average molecular weight is 266 g/mol. The number of aliphatic carboxylic acids is 1. The lowest BCUT2D eigenvalue weighted by Crippen LogP contribution is -2.55. The molecule has 19 heavy (non-hydrogen) atoms. The van der Waals surface area contributed by atoms with Crippen molar-refractivity contribution in [2.75, 3.05) is 6.54 Å². The van der Waals surface area contributed by atoms with Gasteiger partial charge in [0.15, 0.2) is 0 Å². The highest BCUT2D eigenvalue weighted by atomic mass is 16.5. The summed E-state index contributed by atoms with van der Waals surface area (Å²) in [6.45, 7) is 0.257. The van der Waals surface area contributed by atoms with Crippen molar-refractivity contribution in [2.24, 2.45) is 11.5 Å². The second-order valence-corrected chi connectivity index (χ2v) is 4.23. The molecule has 0 fully saturated rings. The third-order valence-corrected chi connectivity index (χ3v) is 2.73. The molecule has 104 valence electrons. The molecule has 0 aliphatic heterocycles. The predicted molar refractivity (Wildman–Crippen MR) is 69.1 cm³/mol. The first-order chi connectivity index (χ1) is 9.00. The van der Waals surface area contributed by atoms with Crippen LogP contribution in [-0.4, -0.2) is 29.1 Å². The van der Waals surface area contributed by atoms with E-state index in [4.69, 9.17) is 21.3 Å². The van der Waals surface area contributed by atoms with Gasteiger partial charge in [-0.1, -0.05) is 30.3 Å². The molecule has 1 aromatic carbocycles. The number of carbonyl (C=O) groups excluding carboxylic acids is 1. The van der Waals surface area contributed by atoms with Crippen LogP contribution in [-0.2, 0) is 20.9 Å². The van der Waals surface area contributed by atoms with Crippen LogP contribution in [0.4, 0.5) is 0 Å². The molecule has 0 aliphatic carbocycles. The topological polar surface area (TPSA) is 116 Å². The molecule has 0 aliphatic rings. The molecule has 0 heterocycles. The Labute approximate surface area is 111 Å². The maximum absolute atomic E-state index is 11.8. The average Bonchev–Trinajstić information content (AvgIpc) is 2.42. The molecule has 0 aromatic heterocycles. The van der Waals surface area contributed by atoms with Crippen LogP contribution in [0.25, 0.3) is 0 Å². The predicted octanol–water partition coefficient (Wildman–Crippen LogP) is 0.251. The van der Waals surface area contributed by atoms with Gasteiger partial charge < -0.3 is 21.3 Å². The highest BCUT2D eigenvalue weighted by molar-refractivity contribution is 6.03. The van der Waals surface area contributed by atoms with E-state index >= 15 is 0 Å². The molecule has 1 atom stereocenters. The molecule has 1 aromatic rings. The van der Waals surface area contributed by atoms with E-state index in [1.54, 1.807) is 24.3 Å². The number of esters is 1. The lowest BCUT2D eigenvalue weighted by molar-refractivity contribution is -0.162. The maximum Gasteiger partial charge on any atom is 0.338 e. The summed E-state index contributed by atoms with van der Waals surface area (Å²) in [6.07, 6.45) is 0.287. The molecule has 6 nitrogen and oxygen atoms in total. The largest absolute Gasteiger partial charge is 0.479 e. The number of carboxylic acid groups (broad SMARTS) is 1. The third kappa shape index (κ3) is 4.04. The summed E-state index contributed by atoms with van der Waals surface area (Å²) in [6, 6.07) is 8.96.